The molecule has 13 heteroatoms. The molecule has 0 aromatic heterocycles. The number of nitrogens with one attached hydrogen (secondary N) is 2. The fourth-order valence-electron chi connectivity index (χ4n) is 3.73. The number of carbonyl (C=O) groups is 1. The van der Waals surface area contributed by atoms with E-state index in [0.29, 0.717) is 51.3 Å². The molecule has 1 aliphatic heterocycles. The number of halogens is 6. The van der Waals surface area contributed by atoms with Crippen molar-refractivity contribution in [2.24, 2.45) is 0 Å². The van der Waals surface area contributed by atoms with Gasteiger partial charge in [0.25, 0.3) is 0 Å². The van der Waals surface area contributed by atoms with Gasteiger partial charge in [-0.25, -0.2) is 4.79 Å². The molecule has 210 valence electrons. The number of urea groups is 1. The number of hydrogen-bond donors (Lipinski definition) is 4. The highest BCUT2D eigenvalue weighted by Crippen LogP contribution is 2.38. The van der Waals surface area contributed by atoms with Crippen LogP contribution in [0.1, 0.15) is 31.4 Å². The first-order chi connectivity index (χ1) is 17.5. The maximum absolute atomic E-state index is 13.0. The highest BCUT2D eigenvalue weighted by atomic mass is 19.4. The summed E-state index contributed by atoms with van der Waals surface area (Å²) in [5, 5.41) is 23.5. The third kappa shape index (κ3) is 7.29. The van der Waals surface area contributed by atoms with Crippen molar-refractivity contribution >= 4 is 11.7 Å². The first kappa shape index (κ1) is 29.5. The molecule has 2 amide bonds. The van der Waals surface area contributed by atoms with Crippen LogP contribution in [0.2, 0.25) is 0 Å². The standard InChI is InChI=1S/C25H29F6N3O4/c1-22(36,24(26,27)28)15-32-21(35)33-18-7-9-19(10-8-18)38-20-11-12-34(14-20)13-16-3-5-17(6-4-16)23(2,37)25(29,30)31/h3-10,20,36-37H,11-15H2,1-2H3,(H2,32,33,35). The van der Waals surface area contributed by atoms with Crippen molar-refractivity contribution < 1.29 is 46.1 Å². The molecule has 0 radical (unpaired) electrons. The van der Waals surface area contributed by atoms with Crippen LogP contribution in [0.25, 0.3) is 0 Å². The van der Waals surface area contributed by atoms with E-state index in [9.17, 15) is 41.4 Å². The fraction of sp³-hybridized carbons (Fsp3) is 0.480. The Morgan fingerprint density at radius 1 is 0.974 bits per heavy atom. The lowest BCUT2D eigenvalue weighted by Gasteiger charge is -2.27. The molecule has 0 spiro atoms. The molecule has 1 saturated heterocycles. The Bertz CT molecular complexity index is 1090. The molecule has 1 heterocycles. The van der Waals surface area contributed by atoms with E-state index in [-0.39, 0.29) is 11.7 Å². The van der Waals surface area contributed by atoms with Crippen LogP contribution in [0.5, 0.6) is 5.75 Å². The normalized spacial score (nSPS) is 19.9. The second-order valence-corrected chi connectivity index (χ2v) is 9.63. The van der Waals surface area contributed by atoms with Gasteiger partial charge in [0.2, 0.25) is 0 Å². The van der Waals surface area contributed by atoms with Gasteiger partial charge in [0.05, 0.1) is 6.54 Å². The van der Waals surface area contributed by atoms with Gasteiger partial charge in [-0.05, 0) is 55.7 Å². The lowest BCUT2D eigenvalue weighted by atomic mass is 9.94. The van der Waals surface area contributed by atoms with Gasteiger partial charge in [0, 0.05) is 25.3 Å². The lowest BCUT2D eigenvalue weighted by molar-refractivity contribution is -0.258. The minimum atomic E-state index is -4.89. The molecule has 0 saturated carbocycles. The van der Waals surface area contributed by atoms with Crippen molar-refractivity contribution in [2.75, 3.05) is 25.0 Å². The van der Waals surface area contributed by atoms with Crippen molar-refractivity contribution in [1.82, 2.24) is 10.2 Å². The van der Waals surface area contributed by atoms with Gasteiger partial charge in [0.15, 0.2) is 11.2 Å². The second-order valence-electron chi connectivity index (χ2n) is 9.63. The quantitative estimate of drug-likeness (QED) is 0.363. The Balaban J connectivity index is 1.46. The van der Waals surface area contributed by atoms with Crippen LogP contribution in [0.3, 0.4) is 0 Å². The highest BCUT2D eigenvalue weighted by molar-refractivity contribution is 5.89. The van der Waals surface area contributed by atoms with Gasteiger partial charge in [0.1, 0.15) is 11.9 Å². The van der Waals surface area contributed by atoms with Crippen LogP contribution in [0, 0.1) is 0 Å². The zero-order valence-electron chi connectivity index (χ0n) is 20.7. The predicted octanol–water partition coefficient (Wildman–Crippen LogP) is 4.54. The molecular formula is C25H29F6N3O4. The third-order valence-electron chi connectivity index (χ3n) is 6.32. The molecule has 2 aromatic carbocycles. The minimum absolute atomic E-state index is 0.146. The van der Waals surface area contributed by atoms with E-state index in [1.54, 1.807) is 24.3 Å². The van der Waals surface area contributed by atoms with E-state index in [1.165, 1.54) is 24.3 Å². The summed E-state index contributed by atoms with van der Waals surface area (Å²) in [6.07, 6.45) is -9.11. The first-order valence-electron chi connectivity index (χ1n) is 11.7. The third-order valence-corrected chi connectivity index (χ3v) is 6.32. The average molecular weight is 550 g/mol. The average Bonchev–Trinajstić information content (AvgIpc) is 3.24. The number of anilines is 1. The Morgan fingerprint density at radius 2 is 1.58 bits per heavy atom. The van der Waals surface area contributed by atoms with E-state index in [2.05, 4.69) is 10.2 Å². The number of aliphatic hydroxyl groups is 2. The number of amides is 2. The Morgan fingerprint density at radius 3 is 2.13 bits per heavy atom. The minimum Gasteiger partial charge on any atom is -0.489 e. The Hall–Kier alpha value is -3.03. The van der Waals surface area contributed by atoms with E-state index in [1.807, 2.05) is 5.32 Å². The van der Waals surface area contributed by atoms with Gasteiger partial charge < -0.3 is 25.6 Å². The number of rotatable bonds is 8. The molecule has 1 fully saturated rings. The van der Waals surface area contributed by atoms with Gasteiger partial charge in [-0.1, -0.05) is 24.3 Å². The number of benzene rings is 2. The van der Waals surface area contributed by atoms with Crippen molar-refractivity contribution in [3.8, 4) is 5.75 Å². The second kappa shape index (κ2) is 11.0. The van der Waals surface area contributed by atoms with Crippen LogP contribution in [-0.4, -0.2) is 64.8 Å². The van der Waals surface area contributed by atoms with Gasteiger partial charge >= 0.3 is 18.4 Å². The molecule has 7 nitrogen and oxygen atoms in total. The summed E-state index contributed by atoms with van der Waals surface area (Å²) < 4.78 is 83.0. The molecule has 3 rings (SSSR count). The van der Waals surface area contributed by atoms with Crippen molar-refractivity contribution in [2.45, 2.75) is 56.5 Å². The van der Waals surface area contributed by atoms with E-state index in [0.717, 1.165) is 5.56 Å². The molecule has 38 heavy (non-hydrogen) atoms. The molecule has 0 aliphatic carbocycles. The summed E-state index contributed by atoms with van der Waals surface area (Å²) in [6.45, 7) is 2.03. The molecule has 3 atom stereocenters. The monoisotopic (exact) mass is 549 g/mol. The summed E-state index contributed by atoms with van der Waals surface area (Å²) >= 11 is 0. The van der Waals surface area contributed by atoms with Crippen LogP contribution in [0.15, 0.2) is 48.5 Å². The first-order valence-corrected chi connectivity index (χ1v) is 11.7. The number of carbonyl (C=O) groups excluding carboxylic acids is 1. The predicted molar refractivity (Wildman–Crippen MR) is 127 cm³/mol. The molecule has 2 aromatic rings. The van der Waals surface area contributed by atoms with Gasteiger partial charge in [-0.3, -0.25) is 4.90 Å². The zero-order valence-corrected chi connectivity index (χ0v) is 20.7. The van der Waals surface area contributed by atoms with Crippen LogP contribution < -0.4 is 15.4 Å². The fourth-order valence-corrected chi connectivity index (χ4v) is 3.73. The van der Waals surface area contributed by atoms with Crippen molar-refractivity contribution in [3.63, 3.8) is 0 Å². The van der Waals surface area contributed by atoms with Crippen molar-refractivity contribution in [1.29, 1.82) is 0 Å². The van der Waals surface area contributed by atoms with Crippen LogP contribution >= 0.6 is 0 Å². The SMILES string of the molecule is CC(O)(CNC(=O)Nc1ccc(OC2CCN(Cc3ccc(C(C)(O)C(F)(F)F)cc3)C2)cc1)C(F)(F)F. The van der Waals surface area contributed by atoms with Crippen molar-refractivity contribution in [3.05, 3.63) is 59.7 Å². The number of hydrogen-bond acceptors (Lipinski definition) is 5. The van der Waals surface area contributed by atoms with Gasteiger partial charge in [-0.2, -0.15) is 26.3 Å². The maximum atomic E-state index is 13.0. The zero-order chi connectivity index (χ0) is 28.4. The number of nitrogens with zero attached hydrogens (tertiary/aromatic N) is 1. The Kier molecular flexibility index (Phi) is 8.54. The number of alkyl halides is 6. The largest absolute Gasteiger partial charge is 0.489 e. The van der Waals surface area contributed by atoms with E-state index in [4.69, 9.17) is 4.74 Å². The summed E-state index contributed by atoms with van der Waals surface area (Å²) in [5.74, 6) is 0.515. The number of ether oxygens (including phenoxy) is 1. The lowest BCUT2D eigenvalue weighted by Crippen LogP contribution is -2.51. The molecule has 0 bridgehead atoms. The topological polar surface area (TPSA) is 94.1 Å². The summed E-state index contributed by atoms with van der Waals surface area (Å²) in [6, 6.07) is 10.9. The van der Waals surface area contributed by atoms with Crippen LogP contribution in [-0.2, 0) is 12.1 Å². The summed E-state index contributed by atoms with van der Waals surface area (Å²) in [4.78, 5) is 13.9. The highest BCUT2D eigenvalue weighted by Gasteiger charge is 2.51. The summed E-state index contributed by atoms with van der Waals surface area (Å²) in [7, 11) is 0. The van der Waals surface area contributed by atoms with Crippen LogP contribution in [0.4, 0.5) is 36.8 Å². The molecular weight excluding hydrogens is 520 g/mol. The molecule has 1 aliphatic rings. The molecule has 4 N–H and O–H groups in total. The van der Waals surface area contributed by atoms with E-state index >= 15 is 0 Å². The smallest absolute Gasteiger partial charge is 0.421 e. The summed E-state index contributed by atoms with van der Waals surface area (Å²) in [5.41, 5.74) is -5.13. The maximum Gasteiger partial charge on any atom is 0.421 e. The van der Waals surface area contributed by atoms with Gasteiger partial charge in [-0.15, -0.1) is 0 Å². The Labute approximate surface area is 215 Å². The number of likely N-dealkylation sites (tertiary alicyclic amines) is 1. The van der Waals surface area contributed by atoms with E-state index < -0.39 is 36.1 Å². The molecule has 3 unspecified atom stereocenters.